The lowest BCUT2D eigenvalue weighted by molar-refractivity contribution is -0.0418. The minimum Gasteiger partial charge on any atom is -0.487 e. The van der Waals surface area contributed by atoms with Gasteiger partial charge in [-0.15, -0.1) is 0 Å². The van der Waals surface area contributed by atoms with Crippen LogP contribution in [0.5, 0.6) is 5.75 Å². The maximum absolute atomic E-state index is 13.6. The molecule has 2 rings (SSSR count). The van der Waals surface area contributed by atoms with E-state index in [0.717, 1.165) is 6.42 Å². The molecule has 1 aromatic carbocycles. The van der Waals surface area contributed by atoms with Gasteiger partial charge in [-0.3, -0.25) is 0 Å². The van der Waals surface area contributed by atoms with E-state index < -0.39 is 5.82 Å². The number of ether oxygens (including phenoxy) is 1. The summed E-state index contributed by atoms with van der Waals surface area (Å²) in [6, 6.07) is 4.87. The van der Waals surface area contributed by atoms with Crippen LogP contribution in [0.4, 0.5) is 4.39 Å². The topological polar surface area (TPSA) is 35.2 Å². The summed E-state index contributed by atoms with van der Waals surface area (Å²) in [4.78, 5) is 0. The van der Waals surface area contributed by atoms with Gasteiger partial charge in [-0.05, 0) is 12.1 Å². The lowest BCUT2D eigenvalue weighted by Crippen LogP contribution is -2.60. The van der Waals surface area contributed by atoms with Gasteiger partial charge in [-0.25, -0.2) is 4.39 Å². The highest BCUT2D eigenvalue weighted by Gasteiger charge is 2.48. The van der Waals surface area contributed by atoms with Gasteiger partial charge in [-0.1, -0.05) is 31.5 Å². The molecule has 88 valence electrons. The normalized spacial score (nSPS) is 27.3. The van der Waals surface area contributed by atoms with E-state index in [1.165, 1.54) is 6.07 Å². The van der Waals surface area contributed by atoms with Crippen LogP contribution in [0.25, 0.3) is 0 Å². The summed E-state index contributed by atoms with van der Waals surface area (Å²) in [5, 5.41) is 0.0823. The van der Waals surface area contributed by atoms with E-state index in [0.29, 0.717) is 0 Å². The average molecular weight is 244 g/mol. The molecule has 1 aliphatic rings. The highest BCUT2D eigenvalue weighted by molar-refractivity contribution is 6.30. The van der Waals surface area contributed by atoms with Gasteiger partial charge in [0.15, 0.2) is 11.6 Å². The van der Waals surface area contributed by atoms with Crippen molar-refractivity contribution < 1.29 is 9.13 Å². The molecule has 1 aliphatic carbocycles. The lowest BCUT2D eigenvalue weighted by Gasteiger charge is -2.49. The molecule has 1 saturated carbocycles. The number of hydrogen-bond acceptors (Lipinski definition) is 2. The van der Waals surface area contributed by atoms with Gasteiger partial charge in [0.1, 0.15) is 6.10 Å². The van der Waals surface area contributed by atoms with E-state index in [1.54, 1.807) is 12.1 Å². The summed E-state index contributed by atoms with van der Waals surface area (Å²) in [5.41, 5.74) is 5.75. The summed E-state index contributed by atoms with van der Waals surface area (Å²) in [7, 11) is 0. The van der Waals surface area contributed by atoms with Crippen molar-refractivity contribution in [2.45, 2.75) is 32.4 Å². The van der Waals surface area contributed by atoms with Crippen molar-refractivity contribution in [3.63, 3.8) is 0 Å². The molecule has 16 heavy (non-hydrogen) atoms. The largest absolute Gasteiger partial charge is 0.487 e. The van der Waals surface area contributed by atoms with Crippen LogP contribution < -0.4 is 10.5 Å². The van der Waals surface area contributed by atoms with Gasteiger partial charge in [0.2, 0.25) is 0 Å². The second-order valence-electron chi connectivity index (χ2n) is 4.82. The van der Waals surface area contributed by atoms with Crippen LogP contribution in [-0.4, -0.2) is 12.1 Å². The molecular formula is C12H15ClFNO. The van der Waals surface area contributed by atoms with Crippen LogP contribution in [0.3, 0.4) is 0 Å². The van der Waals surface area contributed by atoms with Gasteiger partial charge >= 0.3 is 0 Å². The number of hydrogen-bond donors (Lipinski definition) is 1. The number of nitrogens with two attached hydrogens (primary N) is 1. The Kier molecular flexibility index (Phi) is 2.84. The molecule has 0 amide bonds. The van der Waals surface area contributed by atoms with E-state index in [1.807, 2.05) is 13.8 Å². The molecule has 0 heterocycles. The Morgan fingerprint density at radius 2 is 2.19 bits per heavy atom. The first-order valence-electron chi connectivity index (χ1n) is 5.29. The Balaban J connectivity index is 2.14. The predicted octanol–water partition coefficient (Wildman–Crippen LogP) is 2.98. The van der Waals surface area contributed by atoms with Crippen LogP contribution in [-0.2, 0) is 0 Å². The maximum atomic E-state index is 13.6. The van der Waals surface area contributed by atoms with Gasteiger partial charge in [-0.2, -0.15) is 0 Å². The molecule has 2 N–H and O–H groups in total. The molecule has 0 aliphatic heterocycles. The third-order valence-corrected chi connectivity index (χ3v) is 3.73. The van der Waals surface area contributed by atoms with Crippen LogP contribution >= 0.6 is 11.6 Å². The summed E-state index contributed by atoms with van der Waals surface area (Å²) in [6.45, 7) is 4.04. The molecule has 0 bridgehead atoms. The third kappa shape index (κ3) is 1.78. The lowest BCUT2D eigenvalue weighted by atomic mass is 9.65. The zero-order valence-corrected chi connectivity index (χ0v) is 10.1. The van der Waals surface area contributed by atoms with E-state index in [-0.39, 0.29) is 28.3 Å². The van der Waals surface area contributed by atoms with Crippen LogP contribution in [0.15, 0.2) is 18.2 Å². The fourth-order valence-corrected chi connectivity index (χ4v) is 2.01. The maximum Gasteiger partial charge on any atom is 0.183 e. The van der Waals surface area contributed by atoms with Crippen molar-refractivity contribution in [3.05, 3.63) is 29.0 Å². The first-order chi connectivity index (χ1) is 7.43. The standard InChI is InChI=1S/C12H15ClFNO/c1-12(2)9(15)6-10(12)16-8-5-3-4-7(13)11(8)14/h3-5,9-10H,6,15H2,1-2H3. The SMILES string of the molecule is CC1(C)C(N)CC1Oc1cccc(Cl)c1F. The van der Waals surface area contributed by atoms with Crippen molar-refractivity contribution in [3.8, 4) is 5.75 Å². The highest BCUT2D eigenvalue weighted by atomic mass is 35.5. The highest BCUT2D eigenvalue weighted by Crippen LogP contribution is 2.42. The zero-order valence-electron chi connectivity index (χ0n) is 9.34. The molecule has 2 unspecified atom stereocenters. The first-order valence-corrected chi connectivity index (χ1v) is 5.67. The first kappa shape index (κ1) is 11.7. The van der Waals surface area contributed by atoms with Gasteiger partial charge in [0.05, 0.1) is 5.02 Å². The molecule has 0 radical (unpaired) electrons. The van der Waals surface area contributed by atoms with E-state index in [2.05, 4.69) is 0 Å². The predicted molar refractivity (Wildman–Crippen MR) is 62.2 cm³/mol. The van der Waals surface area contributed by atoms with Gasteiger partial charge in [0.25, 0.3) is 0 Å². The fourth-order valence-electron chi connectivity index (χ4n) is 1.84. The summed E-state index contributed by atoms with van der Waals surface area (Å²) < 4.78 is 19.2. The minimum atomic E-state index is -0.500. The Hall–Kier alpha value is -0.800. The summed E-state index contributed by atoms with van der Waals surface area (Å²) >= 11 is 5.68. The number of rotatable bonds is 2. The van der Waals surface area contributed by atoms with Crippen molar-refractivity contribution in [2.24, 2.45) is 11.1 Å². The van der Waals surface area contributed by atoms with E-state index in [4.69, 9.17) is 22.1 Å². The van der Waals surface area contributed by atoms with Crippen molar-refractivity contribution >= 4 is 11.6 Å². The Morgan fingerprint density at radius 1 is 1.50 bits per heavy atom. The van der Waals surface area contributed by atoms with E-state index >= 15 is 0 Å². The second kappa shape index (κ2) is 3.90. The summed E-state index contributed by atoms with van der Waals surface area (Å²) in [6.07, 6.45) is 0.703. The van der Waals surface area contributed by atoms with Crippen molar-refractivity contribution in [1.82, 2.24) is 0 Å². The zero-order chi connectivity index (χ0) is 11.9. The number of benzene rings is 1. The molecule has 1 aromatic rings. The third-order valence-electron chi connectivity index (χ3n) is 3.44. The van der Waals surface area contributed by atoms with Crippen LogP contribution in [0.2, 0.25) is 5.02 Å². The Morgan fingerprint density at radius 3 is 2.75 bits per heavy atom. The molecule has 0 saturated heterocycles. The molecule has 0 spiro atoms. The molecule has 1 fully saturated rings. The fraction of sp³-hybridized carbons (Fsp3) is 0.500. The van der Waals surface area contributed by atoms with Crippen molar-refractivity contribution in [1.29, 1.82) is 0 Å². The van der Waals surface area contributed by atoms with Gasteiger partial charge in [0, 0.05) is 17.9 Å². The molecule has 4 heteroatoms. The minimum absolute atomic E-state index is 0.0459. The molecular weight excluding hydrogens is 229 g/mol. The number of halogens is 2. The second-order valence-corrected chi connectivity index (χ2v) is 5.23. The van der Waals surface area contributed by atoms with Crippen molar-refractivity contribution in [2.75, 3.05) is 0 Å². The summed E-state index contributed by atoms with van der Waals surface area (Å²) in [5.74, 6) is -0.294. The monoisotopic (exact) mass is 243 g/mol. The molecule has 2 atom stereocenters. The molecule has 2 nitrogen and oxygen atoms in total. The molecule has 0 aromatic heterocycles. The quantitative estimate of drug-likeness (QED) is 0.867. The van der Waals surface area contributed by atoms with Crippen LogP contribution in [0, 0.1) is 11.2 Å². The van der Waals surface area contributed by atoms with Crippen LogP contribution in [0.1, 0.15) is 20.3 Å². The van der Waals surface area contributed by atoms with E-state index in [9.17, 15) is 4.39 Å². The Bertz CT molecular complexity index is 408. The van der Waals surface area contributed by atoms with Gasteiger partial charge < -0.3 is 10.5 Å². The average Bonchev–Trinajstić information content (AvgIpc) is 2.24. The smallest absolute Gasteiger partial charge is 0.183 e. The Labute approximate surface area is 99.5 Å².